The number of morpholine rings is 1. The van der Waals surface area contributed by atoms with Crippen molar-refractivity contribution >= 4 is 28.6 Å². The SMILES string of the molecule is CC[NH+](CC(=O)Nc1ccc(N2CCOCC2)cc1)Cc1cccs1. The van der Waals surface area contributed by atoms with Gasteiger partial charge in [-0.1, -0.05) is 6.07 Å². The van der Waals surface area contributed by atoms with E-state index in [9.17, 15) is 4.79 Å². The Bertz CT molecular complexity index is 652. The van der Waals surface area contributed by atoms with Crippen molar-refractivity contribution < 1.29 is 14.4 Å². The first-order chi connectivity index (χ1) is 12.2. The summed E-state index contributed by atoms with van der Waals surface area (Å²) in [6.07, 6.45) is 0. The summed E-state index contributed by atoms with van der Waals surface area (Å²) in [5, 5.41) is 5.10. The van der Waals surface area contributed by atoms with Crippen molar-refractivity contribution in [2.75, 3.05) is 49.6 Å². The van der Waals surface area contributed by atoms with E-state index in [1.54, 1.807) is 11.3 Å². The van der Waals surface area contributed by atoms with Crippen molar-refractivity contribution in [3.8, 4) is 0 Å². The fourth-order valence-electron chi connectivity index (χ4n) is 2.98. The fraction of sp³-hybridized carbons (Fsp3) is 0.421. The topological polar surface area (TPSA) is 46.0 Å². The Morgan fingerprint density at radius 1 is 1.24 bits per heavy atom. The molecule has 1 aliphatic heterocycles. The average molecular weight is 361 g/mol. The molecule has 25 heavy (non-hydrogen) atoms. The van der Waals surface area contributed by atoms with E-state index in [4.69, 9.17) is 4.74 Å². The summed E-state index contributed by atoms with van der Waals surface area (Å²) in [6.45, 7) is 7.83. The minimum atomic E-state index is 0.0625. The van der Waals surface area contributed by atoms with Crippen LogP contribution in [0.5, 0.6) is 0 Å². The molecular weight excluding hydrogens is 334 g/mol. The molecule has 1 saturated heterocycles. The monoisotopic (exact) mass is 360 g/mol. The number of hydrogen-bond donors (Lipinski definition) is 2. The Labute approximate surface area is 153 Å². The van der Waals surface area contributed by atoms with Gasteiger partial charge >= 0.3 is 0 Å². The van der Waals surface area contributed by atoms with E-state index in [-0.39, 0.29) is 5.91 Å². The number of nitrogens with zero attached hydrogens (tertiary/aromatic N) is 1. The third kappa shape index (κ3) is 5.29. The lowest BCUT2D eigenvalue weighted by molar-refractivity contribution is -0.903. The van der Waals surface area contributed by atoms with Crippen LogP contribution >= 0.6 is 11.3 Å². The molecule has 0 aliphatic carbocycles. The maximum Gasteiger partial charge on any atom is 0.279 e. The maximum atomic E-state index is 12.3. The second-order valence-electron chi connectivity index (χ2n) is 6.23. The first-order valence-corrected chi connectivity index (χ1v) is 9.71. The number of quaternary nitrogens is 1. The summed E-state index contributed by atoms with van der Waals surface area (Å²) in [5.74, 6) is 0.0625. The highest BCUT2D eigenvalue weighted by molar-refractivity contribution is 7.09. The van der Waals surface area contributed by atoms with Gasteiger partial charge in [0.05, 0.1) is 24.6 Å². The lowest BCUT2D eigenvalue weighted by Gasteiger charge is -2.28. The minimum absolute atomic E-state index is 0.0625. The Kier molecular flexibility index (Phi) is 6.44. The number of anilines is 2. The molecular formula is C19H26N3O2S+. The molecule has 0 saturated carbocycles. The number of ether oxygens (including phenoxy) is 1. The molecule has 2 heterocycles. The second-order valence-corrected chi connectivity index (χ2v) is 7.26. The predicted octanol–water partition coefficient (Wildman–Crippen LogP) is 1.63. The van der Waals surface area contributed by atoms with Crippen LogP contribution in [0.3, 0.4) is 0 Å². The zero-order valence-electron chi connectivity index (χ0n) is 14.7. The van der Waals surface area contributed by atoms with Gasteiger partial charge in [-0.15, -0.1) is 11.3 Å². The Hall–Kier alpha value is -1.89. The highest BCUT2D eigenvalue weighted by Crippen LogP contribution is 2.18. The molecule has 0 radical (unpaired) electrons. The van der Waals surface area contributed by atoms with Gasteiger partial charge < -0.3 is 19.9 Å². The number of benzene rings is 1. The van der Waals surface area contributed by atoms with Crippen LogP contribution < -0.4 is 15.1 Å². The highest BCUT2D eigenvalue weighted by atomic mass is 32.1. The molecule has 1 amide bonds. The summed E-state index contributed by atoms with van der Waals surface area (Å²) in [4.78, 5) is 17.2. The van der Waals surface area contributed by atoms with Gasteiger partial charge in [-0.3, -0.25) is 4.79 Å². The molecule has 6 heteroatoms. The minimum Gasteiger partial charge on any atom is -0.378 e. The van der Waals surface area contributed by atoms with Crippen LogP contribution in [0.25, 0.3) is 0 Å². The van der Waals surface area contributed by atoms with Crippen LogP contribution in [0.4, 0.5) is 11.4 Å². The summed E-state index contributed by atoms with van der Waals surface area (Å²) in [6, 6.07) is 12.3. The second kappa shape index (κ2) is 8.99. The normalized spacial score (nSPS) is 15.8. The smallest absolute Gasteiger partial charge is 0.279 e. The van der Waals surface area contributed by atoms with Crippen molar-refractivity contribution in [2.24, 2.45) is 0 Å². The number of rotatable bonds is 7. The Morgan fingerprint density at radius 3 is 2.64 bits per heavy atom. The summed E-state index contributed by atoms with van der Waals surface area (Å²) < 4.78 is 5.38. The molecule has 5 nitrogen and oxygen atoms in total. The molecule has 1 unspecified atom stereocenters. The van der Waals surface area contributed by atoms with Gasteiger partial charge in [0.25, 0.3) is 5.91 Å². The number of nitrogens with one attached hydrogen (secondary N) is 2. The van der Waals surface area contributed by atoms with Crippen LogP contribution in [-0.4, -0.2) is 45.3 Å². The van der Waals surface area contributed by atoms with Gasteiger partial charge in [-0.2, -0.15) is 0 Å². The molecule has 1 aliphatic rings. The van der Waals surface area contributed by atoms with Gasteiger partial charge in [-0.25, -0.2) is 0 Å². The number of amides is 1. The summed E-state index contributed by atoms with van der Waals surface area (Å²) >= 11 is 1.75. The summed E-state index contributed by atoms with van der Waals surface area (Å²) in [7, 11) is 0. The third-order valence-corrected chi connectivity index (χ3v) is 5.32. The van der Waals surface area contributed by atoms with E-state index in [0.29, 0.717) is 6.54 Å². The zero-order valence-corrected chi connectivity index (χ0v) is 15.5. The molecule has 1 fully saturated rings. The molecule has 3 rings (SSSR count). The molecule has 2 N–H and O–H groups in total. The molecule has 1 aromatic carbocycles. The standard InChI is InChI=1S/C19H25N3O2S/c1-2-21(14-18-4-3-13-25-18)15-19(23)20-16-5-7-17(8-6-16)22-9-11-24-12-10-22/h3-8,13H,2,9-12,14-15H2,1H3,(H,20,23)/p+1. The maximum absolute atomic E-state index is 12.3. The molecule has 0 bridgehead atoms. The largest absolute Gasteiger partial charge is 0.378 e. The fourth-order valence-corrected chi connectivity index (χ4v) is 3.76. The lowest BCUT2D eigenvalue weighted by Crippen LogP contribution is -3.11. The highest BCUT2D eigenvalue weighted by Gasteiger charge is 2.15. The number of likely N-dealkylation sites (N-methyl/N-ethyl adjacent to an activating group) is 1. The molecule has 134 valence electrons. The van der Waals surface area contributed by atoms with Gasteiger partial charge in [0, 0.05) is 24.5 Å². The van der Waals surface area contributed by atoms with E-state index in [1.807, 2.05) is 12.1 Å². The first-order valence-electron chi connectivity index (χ1n) is 8.83. The van der Waals surface area contributed by atoms with Crippen LogP contribution in [0.1, 0.15) is 11.8 Å². The number of thiophene rings is 1. The number of carbonyl (C=O) groups is 1. The van der Waals surface area contributed by atoms with E-state index < -0.39 is 0 Å². The van der Waals surface area contributed by atoms with Gasteiger partial charge in [0.1, 0.15) is 6.54 Å². The van der Waals surface area contributed by atoms with Crippen molar-refractivity contribution in [1.82, 2.24) is 0 Å². The van der Waals surface area contributed by atoms with E-state index >= 15 is 0 Å². The van der Waals surface area contributed by atoms with Crippen LogP contribution in [0, 0.1) is 0 Å². The molecule has 1 aromatic heterocycles. The first kappa shape index (κ1) is 17.9. The predicted molar refractivity (Wildman–Crippen MR) is 102 cm³/mol. The van der Waals surface area contributed by atoms with Crippen LogP contribution in [0.15, 0.2) is 41.8 Å². The van der Waals surface area contributed by atoms with Crippen molar-refractivity contribution in [3.05, 3.63) is 46.7 Å². The van der Waals surface area contributed by atoms with E-state index in [1.165, 1.54) is 15.5 Å². The van der Waals surface area contributed by atoms with Gasteiger partial charge in [-0.05, 0) is 42.6 Å². The van der Waals surface area contributed by atoms with Crippen molar-refractivity contribution in [2.45, 2.75) is 13.5 Å². The zero-order chi connectivity index (χ0) is 17.5. The summed E-state index contributed by atoms with van der Waals surface area (Å²) in [5.41, 5.74) is 2.04. The Morgan fingerprint density at radius 2 is 2.00 bits per heavy atom. The quantitative estimate of drug-likeness (QED) is 0.789. The molecule has 2 aromatic rings. The van der Waals surface area contributed by atoms with E-state index in [0.717, 1.165) is 45.1 Å². The molecule has 1 atom stereocenters. The third-order valence-electron chi connectivity index (χ3n) is 4.44. The van der Waals surface area contributed by atoms with Crippen LogP contribution in [-0.2, 0) is 16.1 Å². The Balaban J connectivity index is 1.51. The van der Waals surface area contributed by atoms with Crippen molar-refractivity contribution in [3.63, 3.8) is 0 Å². The van der Waals surface area contributed by atoms with Gasteiger partial charge in [0.2, 0.25) is 0 Å². The number of hydrogen-bond acceptors (Lipinski definition) is 4. The number of carbonyl (C=O) groups excluding carboxylic acids is 1. The molecule has 0 spiro atoms. The van der Waals surface area contributed by atoms with Crippen LogP contribution in [0.2, 0.25) is 0 Å². The lowest BCUT2D eigenvalue weighted by atomic mass is 10.2. The average Bonchev–Trinajstić information content (AvgIpc) is 3.15. The van der Waals surface area contributed by atoms with Gasteiger partial charge in [0.15, 0.2) is 6.54 Å². The van der Waals surface area contributed by atoms with Crippen molar-refractivity contribution in [1.29, 1.82) is 0 Å². The van der Waals surface area contributed by atoms with E-state index in [2.05, 4.69) is 46.8 Å².